The van der Waals surface area contributed by atoms with Gasteiger partial charge in [0.15, 0.2) is 0 Å². The number of ether oxygens (including phenoxy) is 2. The third kappa shape index (κ3) is 3.93. The van der Waals surface area contributed by atoms with Crippen molar-refractivity contribution in [1.29, 1.82) is 0 Å². The molecule has 1 atom stereocenters. The number of furan rings is 1. The summed E-state index contributed by atoms with van der Waals surface area (Å²) in [6.07, 6.45) is 3.78. The summed E-state index contributed by atoms with van der Waals surface area (Å²) in [4.78, 5) is 7.51. The largest absolute Gasteiger partial charge is 0.487 e. The topological polar surface area (TPSA) is 47.7 Å². The number of hydrogen-bond donors (Lipinski definition) is 0. The molecule has 5 rings (SSSR count). The Morgan fingerprint density at radius 2 is 2.00 bits per heavy atom. The molecule has 150 valence electrons. The predicted molar refractivity (Wildman–Crippen MR) is 109 cm³/mol. The van der Waals surface area contributed by atoms with E-state index in [1.54, 1.807) is 6.26 Å². The van der Waals surface area contributed by atoms with E-state index < -0.39 is 0 Å². The Balaban J connectivity index is 1.42. The van der Waals surface area contributed by atoms with Crippen LogP contribution in [0.3, 0.4) is 0 Å². The molecule has 0 radical (unpaired) electrons. The third-order valence-corrected chi connectivity index (χ3v) is 5.82. The first-order valence-electron chi connectivity index (χ1n) is 10.3. The molecule has 0 saturated heterocycles. The molecule has 2 aliphatic heterocycles. The van der Waals surface area contributed by atoms with Gasteiger partial charge in [-0.25, -0.2) is 0 Å². The summed E-state index contributed by atoms with van der Waals surface area (Å²) in [5.41, 5.74) is 6.25. The minimum Gasteiger partial charge on any atom is -0.487 e. The zero-order valence-corrected chi connectivity index (χ0v) is 16.8. The molecule has 5 heteroatoms. The van der Waals surface area contributed by atoms with Crippen molar-refractivity contribution in [3.05, 3.63) is 82.6 Å². The van der Waals surface area contributed by atoms with Gasteiger partial charge in [-0.2, -0.15) is 0 Å². The lowest BCUT2D eigenvalue weighted by molar-refractivity contribution is 0.0387. The predicted octanol–water partition coefficient (Wildman–Crippen LogP) is 4.27. The number of benzene rings is 1. The molecule has 0 saturated carbocycles. The first kappa shape index (κ1) is 18.4. The third-order valence-electron chi connectivity index (χ3n) is 5.82. The fourth-order valence-corrected chi connectivity index (χ4v) is 4.32. The van der Waals surface area contributed by atoms with Crippen LogP contribution in [-0.4, -0.2) is 22.5 Å². The molecule has 0 bridgehead atoms. The molecule has 2 aliphatic rings. The van der Waals surface area contributed by atoms with E-state index in [9.17, 15) is 0 Å². The van der Waals surface area contributed by atoms with Crippen LogP contribution < -0.4 is 4.74 Å². The summed E-state index contributed by atoms with van der Waals surface area (Å²) in [6, 6.07) is 14.0. The molecular formula is C24H26N2O3. The Morgan fingerprint density at radius 3 is 2.83 bits per heavy atom. The highest BCUT2D eigenvalue weighted by Crippen LogP contribution is 2.32. The maximum Gasteiger partial charge on any atom is 0.130 e. The highest BCUT2D eigenvalue weighted by molar-refractivity contribution is 5.43. The van der Waals surface area contributed by atoms with Crippen LogP contribution in [0.4, 0.5) is 0 Å². The minimum absolute atomic E-state index is 0.209. The lowest BCUT2D eigenvalue weighted by Gasteiger charge is -2.33. The summed E-state index contributed by atoms with van der Waals surface area (Å²) in [5.74, 6) is 1.89. The zero-order valence-electron chi connectivity index (χ0n) is 16.8. The number of fused-ring (bicyclic) bond motifs is 3. The molecule has 0 fully saturated rings. The van der Waals surface area contributed by atoms with Gasteiger partial charge in [-0.3, -0.25) is 9.88 Å². The van der Waals surface area contributed by atoms with Crippen LogP contribution in [0, 0.1) is 0 Å². The zero-order chi connectivity index (χ0) is 19.6. The Hall–Kier alpha value is -2.63. The van der Waals surface area contributed by atoms with E-state index in [2.05, 4.69) is 11.8 Å². The molecule has 5 nitrogen and oxygen atoms in total. The molecular weight excluding hydrogens is 364 g/mol. The fourth-order valence-electron chi connectivity index (χ4n) is 4.32. The Morgan fingerprint density at radius 1 is 1.10 bits per heavy atom. The standard InChI is InChI=1S/C24H26N2O3/c1-17-12-20-22(15-28-17)21-14-26(13-19-8-5-11-27-19)10-9-23(21)25-24(20)16-29-18-6-3-2-4-7-18/h2-8,11,17H,9-10,12-16H2,1H3/t17-/m0/s1. The second kappa shape index (κ2) is 8.01. The van der Waals surface area contributed by atoms with Gasteiger partial charge in [0.05, 0.1) is 31.2 Å². The molecule has 3 aromatic rings. The Kier molecular flexibility index (Phi) is 5.08. The molecule has 0 aliphatic carbocycles. The van der Waals surface area contributed by atoms with Crippen molar-refractivity contribution in [2.24, 2.45) is 0 Å². The van der Waals surface area contributed by atoms with Gasteiger partial charge in [-0.15, -0.1) is 0 Å². The van der Waals surface area contributed by atoms with Crippen LogP contribution in [0.5, 0.6) is 5.75 Å². The van der Waals surface area contributed by atoms with Crippen LogP contribution >= 0.6 is 0 Å². The molecule has 0 spiro atoms. The fraction of sp³-hybridized carbons (Fsp3) is 0.375. The average molecular weight is 390 g/mol. The average Bonchev–Trinajstić information content (AvgIpc) is 3.26. The van der Waals surface area contributed by atoms with E-state index in [4.69, 9.17) is 18.9 Å². The highest BCUT2D eigenvalue weighted by atomic mass is 16.5. The van der Waals surface area contributed by atoms with Crippen molar-refractivity contribution in [3.8, 4) is 5.75 Å². The summed E-state index contributed by atoms with van der Waals surface area (Å²) in [7, 11) is 0. The lowest BCUT2D eigenvalue weighted by Crippen LogP contribution is -2.34. The molecule has 29 heavy (non-hydrogen) atoms. The molecule has 1 aromatic carbocycles. The normalized spacial score (nSPS) is 18.9. The Bertz CT molecular complexity index is 970. The van der Waals surface area contributed by atoms with E-state index in [1.807, 2.05) is 42.5 Å². The number of hydrogen-bond acceptors (Lipinski definition) is 5. The summed E-state index contributed by atoms with van der Waals surface area (Å²) >= 11 is 0. The van der Waals surface area contributed by atoms with Crippen LogP contribution in [-0.2, 0) is 43.9 Å². The molecule has 4 heterocycles. The van der Waals surface area contributed by atoms with Gasteiger partial charge >= 0.3 is 0 Å². The lowest BCUT2D eigenvalue weighted by atomic mass is 9.90. The highest BCUT2D eigenvalue weighted by Gasteiger charge is 2.28. The summed E-state index contributed by atoms with van der Waals surface area (Å²) < 4.78 is 17.6. The van der Waals surface area contributed by atoms with E-state index in [0.29, 0.717) is 13.2 Å². The SMILES string of the molecule is C[C@H]1Cc2c(COc3ccccc3)nc3c(c2CO1)CN(Cc1ccco1)CC3. The quantitative estimate of drug-likeness (QED) is 0.651. The maximum atomic E-state index is 6.05. The van der Waals surface area contributed by atoms with Crippen LogP contribution in [0.1, 0.15) is 40.8 Å². The van der Waals surface area contributed by atoms with Gasteiger partial charge < -0.3 is 13.9 Å². The van der Waals surface area contributed by atoms with Crippen molar-refractivity contribution < 1.29 is 13.9 Å². The monoisotopic (exact) mass is 390 g/mol. The van der Waals surface area contributed by atoms with Gasteiger partial charge in [0, 0.05) is 31.6 Å². The number of rotatable bonds is 5. The van der Waals surface area contributed by atoms with Gasteiger partial charge in [0.25, 0.3) is 0 Å². The Labute approximate surface area is 171 Å². The van der Waals surface area contributed by atoms with Crippen LogP contribution in [0.2, 0.25) is 0 Å². The number of nitrogens with zero attached hydrogens (tertiary/aromatic N) is 2. The van der Waals surface area contributed by atoms with E-state index >= 15 is 0 Å². The van der Waals surface area contributed by atoms with Gasteiger partial charge in [0.1, 0.15) is 18.1 Å². The van der Waals surface area contributed by atoms with Gasteiger partial charge in [0.2, 0.25) is 0 Å². The molecule has 2 aromatic heterocycles. The maximum absolute atomic E-state index is 6.05. The summed E-state index contributed by atoms with van der Waals surface area (Å²) in [5, 5.41) is 0. The van der Waals surface area contributed by atoms with Crippen LogP contribution in [0.15, 0.2) is 53.1 Å². The van der Waals surface area contributed by atoms with E-state index in [1.165, 1.54) is 22.4 Å². The van der Waals surface area contributed by atoms with E-state index in [-0.39, 0.29) is 6.10 Å². The number of pyridine rings is 1. The second-order valence-electron chi connectivity index (χ2n) is 7.91. The van der Waals surface area contributed by atoms with Crippen molar-refractivity contribution in [1.82, 2.24) is 9.88 Å². The van der Waals surface area contributed by atoms with Crippen molar-refractivity contribution in [2.45, 2.75) is 52.2 Å². The van der Waals surface area contributed by atoms with Gasteiger partial charge in [-0.1, -0.05) is 18.2 Å². The van der Waals surface area contributed by atoms with Crippen LogP contribution in [0.25, 0.3) is 0 Å². The van der Waals surface area contributed by atoms with E-state index in [0.717, 1.165) is 49.7 Å². The molecule has 0 N–H and O–H groups in total. The van der Waals surface area contributed by atoms with Gasteiger partial charge in [-0.05, 0) is 47.9 Å². The summed E-state index contributed by atoms with van der Waals surface area (Å²) in [6.45, 7) is 6.00. The smallest absolute Gasteiger partial charge is 0.130 e. The minimum atomic E-state index is 0.209. The number of aromatic nitrogens is 1. The first-order chi connectivity index (χ1) is 14.3. The molecule has 0 unspecified atom stereocenters. The van der Waals surface area contributed by atoms with Crippen molar-refractivity contribution in [3.63, 3.8) is 0 Å². The van der Waals surface area contributed by atoms with Crippen molar-refractivity contribution in [2.75, 3.05) is 6.54 Å². The van der Waals surface area contributed by atoms with Crippen molar-refractivity contribution >= 4 is 0 Å². The molecule has 0 amide bonds. The second-order valence-corrected chi connectivity index (χ2v) is 7.91. The first-order valence-corrected chi connectivity index (χ1v) is 10.3. The number of para-hydroxylation sites is 1.